The van der Waals surface area contributed by atoms with Crippen molar-refractivity contribution < 1.29 is 14.6 Å². The SMILES string of the molecule is [B]CCCCC(N)(C(=O)O)C1CC(NCc2ccc(Oc3ccc(Cl)cc3)cc2)C1. The maximum atomic E-state index is 11.7. The Morgan fingerprint density at radius 1 is 1.13 bits per heavy atom. The lowest BCUT2D eigenvalue weighted by atomic mass is 9.66. The van der Waals surface area contributed by atoms with Crippen LogP contribution in [0, 0.1) is 5.92 Å². The number of hydrogen-bond acceptors (Lipinski definition) is 4. The monoisotopic (exact) mass is 426 g/mol. The highest BCUT2D eigenvalue weighted by Gasteiger charge is 2.47. The lowest BCUT2D eigenvalue weighted by Crippen LogP contribution is -2.60. The first kappa shape index (κ1) is 22.7. The van der Waals surface area contributed by atoms with Crippen LogP contribution in [0.2, 0.25) is 11.3 Å². The molecule has 2 aromatic carbocycles. The first-order chi connectivity index (χ1) is 14.4. The van der Waals surface area contributed by atoms with Crippen LogP contribution in [0.15, 0.2) is 48.5 Å². The van der Waals surface area contributed by atoms with Gasteiger partial charge in [0.2, 0.25) is 0 Å². The molecule has 0 bridgehead atoms. The van der Waals surface area contributed by atoms with Crippen molar-refractivity contribution in [3.05, 3.63) is 59.1 Å². The normalized spacial score (nSPS) is 20.2. The number of nitrogens with one attached hydrogen (secondary N) is 1. The molecule has 158 valence electrons. The summed E-state index contributed by atoms with van der Waals surface area (Å²) in [6, 6.07) is 15.4. The predicted octanol–water partition coefficient (Wildman–Crippen LogP) is 4.54. The van der Waals surface area contributed by atoms with E-state index in [9.17, 15) is 9.90 Å². The molecule has 5 nitrogen and oxygen atoms in total. The first-order valence-electron chi connectivity index (χ1n) is 10.4. The van der Waals surface area contributed by atoms with Crippen molar-refractivity contribution >= 4 is 25.4 Å². The molecular weight excluding hydrogens is 399 g/mol. The number of carboxylic acids is 1. The lowest BCUT2D eigenvalue weighted by Gasteiger charge is -2.45. The zero-order valence-electron chi connectivity index (χ0n) is 17.0. The molecule has 1 aliphatic rings. The van der Waals surface area contributed by atoms with E-state index in [0.29, 0.717) is 17.8 Å². The zero-order valence-corrected chi connectivity index (χ0v) is 17.8. The standard InChI is InChI=1S/C23H28BClN2O3/c24-12-2-1-11-23(26,22(28)29)17-13-19(14-17)27-15-16-3-7-20(8-4-16)30-21-9-5-18(25)6-10-21/h3-10,17,19,27H,1-2,11-15,26H2,(H,28,29). The molecule has 0 saturated heterocycles. The van der Waals surface area contributed by atoms with Crippen molar-refractivity contribution in [3.8, 4) is 11.5 Å². The van der Waals surface area contributed by atoms with E-state index in [1.165, 1.54) is 0 Å². The summed E-state index contributed by atoms with van der Waals surface area (Å²) in [4.78, 5) is 11.7. The van der Waals surface area contributed by atoms with Crippen LogP contribution in [0.1, 0.15) is 37.7 Å². The molecule has 3 rings (SSSR count). The van der Waals surface area contributed by atoms with E-state index in [0.717, 1.165) is 49.3 Å². The van der Waals surface area contributed by atoms with E-state index in [1.807, 2.05) is 36.4 Å². The quantitative estimate of drug-likeness (QED) is 0.363. The highest BCUT2D eigenvalue weighted by atomic mass is 35.5. The Morgan fingerprint density at radius 2 is 1.73 bits per heavy atom. The van der Waals surface area contributed by atoms with Gasteiger partial charge >= 0.3 is 5.97 Å². The molecule has 7 heteroatoms. The number of ether oxygens (including phenoxy) is 1. The summed E-state index contributed by atoms with van der Waals surface area (Å²) in [5, 5.41) is 13.8. The molecule has 0 spiro atoms. The van der Waals surface area contributed by atoms with Crippen LogP contribution in [0.25, 0.3) is 0 Å². The van der Waals surface area contributed by atoms with Gasteiger partial charge in [-0.3, -0.25) is 4.79 Å². The van der Waals surface area contributed by atoms with Gasteiger partial charge in [0.1, 0.15) is 17.0 Å². The molecular formula is C23H28BClN2O3. The number of rotatable bonds is 11. The number of aliphatic carboxylic acids is 1. The smallest absolute Gasteiger partial charge is 0.323 e. The van der Waals surface area contributed by atoms with Gasteiger partial charge in [-0.2, -0.15) is 0 Å². The van der Waals surface area contributed by atoms with Crippen LogP contribution < -0.4 is 15.8 Å². The van der Waals surface area contributed by atoms with Crippen molar-refractivity contribution in [3.63, 3.8) is 0 Å². The van der Waals surface area contributed by atoms with Gasteiger partial charge in [-0.15, -0.1) is 0 Å². The summed E-state index contributed by atoms with van der Waals surface area (Å²) in [7, 11) is 5.52. The van der Waals surface area contributed by atoms with Crippen LogP contribution in [0.3, 0.4) is 0 Å². The minimum absolute atomic E-state index is 0.000395. The highest BCUT2D eigenvalue weighted by molar-refractivity contribution is 6.30. The highest BCUT2D eigenvalue weighted by Crippen LogP contribution is 2.38. The maximum absolute atomic E-state index is 11.7. The number of unbranched alkanes of at least 4 members (excludes halogenated alkanes) is 1. The van der Waals surface area contributed by atoms with Gasteiger partial charge in [-0.25, -0.2) is 0 Å². The van der Waals surface area contributed by atoms with E-state index in [-0.39, 0.29) is 12.0 Å². The van der Waals surface area contributed by atoms with Gasteiger partial charge in [0.05, 0.1) is 7.85 Å². The van der Waals surface area contributed by atoms with Gasteiger partial charge in [0.25, 0.3) is 0 Å². The minimum atomic E-state index is -1.14. The second-order valence-corrected chi connectivity index (χ2v) is 8.47. The lowest BCUT2D eigenvalue weighted by molar-refractivity contribution is -0.148. The Morgan fingerprint density at radius 3 is 2.30 bits per heavy atom. The number of hydrogen-bond donors (Lipinski definition) is 3. The Kier molecular flexibility index (Phi) is 7.81. The second kappa shape index (κ2) is 10.3. The molecule has 1 atom stereocenters. The van der Waals surface area contributed by atoms with Crippen LogP contribution in [-0.4, -0.2) is 30.5 Å². The summed E-state index contributed by atoms with van der Waals surface area (Å²) in [5.41, 5.74) is 6.25. The third kappa shape index (κ3) is 5.78. The van der Waals surface area contributed by atoms with E-state index >= 15 is 0 Å². The third-order valence-corrected chi connectivity index (χ3v) is 6.13. The van der Waals surface area contributed by atoms with Crippen LogP contribution in [-0.2, 0) is 11.3 Å². The average Bonchev–Trinajstić information content (AvgIpc) is 2.70. The number of halogens is 1. The molecule has 0 aliphatic heterocycles. The van der Waals surface area contributed by atoms with E-state index in [1.54, 1.807) is 12.1 Å². The maximum Gasteiger partial charge on any atom is 0.323 e. The van der Waals surface area contributed by atoms with Gasteiger partial charge in [0, 0.05) is 17.6 Å². The molecule has 0 amide bonds. The topological polar surface area (TPSA) is 84.6 Å². The largest absolute Gasteiger partial charge is 0.480 e. The molecule has 1 fully saturated rings. The fourth-order valence-corrected chi connectivity index (χ4v) is 3.95. The first-order valence-corrected chi connectivity index (χ1v) is 10.8. The third-order valence-electron chi connectivity index (χ3n) is 5.88. The predicted molar refractivity (Wildman–Crippen MR) is 120 cm³/mol. The number of benzene rings is 2. The molecule has 2 radical (unpaired) electrons. The Bertz CT molecular complexity index is 825. The average molecular weight is 427 g/mol. The van der Waals surface area contributed by atoms with E-state index in [2.05, 4.69) is 5.32 Å². The van der Waals surface area contributed by atoms with Crippen molar-refractivity contribution in [1.82, 2.24) is 5.32 Å². The van der Waals surface area contributed by atoms with Gasteiger partial charge < -0.3 is 20.9 Å². The zero-order chi connectivity index (χ0) is 21.6. The van der Waals surface area contributed by atoms with Crippen molar-refractivity contribution in [1.29, 1.82) is 0 Å². The summed E-state index contributed by atoms with van der Waals surface area (Å²) in [6.07, 6.45) is 4.16. The molecule has 2 aromatic rings. The van der Waals surface area contributed by atoms with Crippen molar-refractivity contribution in [2.24, 2.45) is 11.7 Å². The number of nitrogens with two attached hydrogens (primary N) is 1. The number of carboxylic acid groups (broad SMARTS) is 1. The second-order valence-electron chi connectivity index (χ2n) is 8.04. The van der Waals surface area contributed by atoms with Crippen LogP contribution >= 0.6 is 11.6 Å². The summed E-state index contributed by atoms with van der Waals surface area (Å²) < 4.78 is 5.80. The molecule has 1 unspecified atom stereocenters. The molecule has 0 aromatic heterocycles. The summed E-state index contributed by atoms with van der Waals surface area (Å²) in [5.74, 6) is 0.595. The van der Waals surface area contributed by atoms with Crippen LogP contribution in [0.5, 0.6) is 11.5 Å². The molecule has 4 N–H and O–H groups in total. The van der Waals surface area contributed by atoms with Gasteiger partial charge in [-0.05, 0) is 67.1 Å². The van der Waals surface area contributed by atoms with E-state index < -0.39 is 11.5 Å². The van der Waals surface area contributed by atoms with E-state index in [4.69, 9.17) is 29.9 Å². The Labute approximate surface area is 184 Å². The van der Waals surface area contributed by atoms with Gasteiger partial charge in [0.15, 0.2) is 0 Å². The summed E-state index contributed by atoms with van der Waals surface area (Å²) >= 11 is 5.89. The summed E-state index contributed by atoms with van der Waals surface area (Å²) in [6.45, 7) is 0.719. The fraction of sp³-hybridized carbons (Fsp3) is 0.435. The van der Waals surface area contributed by atoms with Crippen molar-refractivity contribution in [2.75, 3.05) is 0 Å². The number of carbonyl (C=O) groups is 1. The minimum Gasteiger partial charge on any atom is -0.480 e. The molecule has 30 heavy (non-hydrogen) atoms. The molecule has 1 aliphatic carbocycles. The van der Waals surface area contributed by atoms with Crippen molar-refractivity contribution in [2.45, 2.75) is 56.5 Å². The molecule has 1 saturated carbocycles. The fourth-order valence-electron chi connectivity index (χ4n) is 3.83. The van der Waals surface area contributed by atoms with Gasteiger partial charge in [-0.1, -0.05) is 42.9 Å². The molecule has 0 heterocycles. The van der Waals surface area contributed by atoms with Crippen LogP contribution in [0.4, 0.5) is 0 Å². The Balaban J connectivity index is 1.44. The Hall–Kier alpha value is -2.02.